The largest absolute Gasteiger partial charge is 0.330 e. The van der Waals surface area contributed by atoms with Crippen molar-refractivity contribution >= 4 is 34.2 Å². The summed E-state index contributed by atoms with van der Waals surface area (Å²) in [4.78, 5) is 13.0. The number of fused-ring (bicyclic) bond motifs is 1. The van der Waals surface area contributed by atoms with Gasteiger partial charge >= 0.3 is 6.03 Å². The highest BCUT2D eigenvalue weighted by atomic mass is 35.5. The normalized spacial score (nSPS) is 11.2. The van der Waals surface area contributed by atoms with Gasteiger partial charge in [0.2, 0.25) is 0 Å². The van der Waals surface area contributed by atoms with Crippen molar-refractivity contribution in [2.75, 3.05) is 5.32 Å². The number of amides is 1. The molecule has 0 aliphatic carbocycles. The zero-order chi connectivity index (χ0) is 20.5. The average molecular weight is 407 g/mol. The van der Waals surface area contributed by atoms with Crippen LogP contribution in [0.4, 0.5) is 14.9 Å². The molecule has 0 spiro atoms. The van der Waals surface area contributed by atoms with Crippen molar-refractivity contribution in [3.63, 3.8) is 0 Å². The molecule has 146 valence electrons. The minimum absolute atomic E-state index is 0.0845. The number of halogens is 2. The monoisotopic (exact) mass is 406 g/mol. The molecule has 0 unspecified atom stereocenters. The number of anilines is 1. The van der Waals surface area contributed by atoms with Crippen LogP contribution < -0.4 is 5.32 Å². The highest BCUT2D eigenvalue weighted by Crippen LogP contribution is 2.35. The molecule has 4 rings (SSSR count). The number of hydrogen-bond acceptors (Lipinski definition) is 1. The van der Waals surface area contributed by atoms with Gasteiger partial charge in [-0.15, -0.1) is 0 Å². The molecule has 0 radical (unpaired) electrons. The average Bonchev–Trinajstić information content (AvgIpc) is 3.10. The lowest BCUT2D eigenvalue weighted by Gasteiger charge is -2.12. The third-order valence-corrected chi connectivity index (χ3v) is 5.21. The number of carbonyl (C=O) groups is 1. The van der Waals surface area contributed by atoms with Gasteiger partial charge in [0.1, 0.15) is 5.82 Å². The number of nitrogens with one attached hydrogen (secondary N) is 1. The van der Waals surface area contributed by atoms with Gasteiger partial charge in [-0.25, -0.2) is 9.18 Å². The van der Waals surface area contributed by atoms with Crippen molar-refractivity contribution in [1.29, 1.82) is 0 Å². The molecule has 29 heavy (non-hydrogen) atoms. The van der Waals surface area contributed by atoms with Crippen molar-refractivity contribution < 1.29 is 9.18 Å². The molecule has 0 bridgehead atoms. The smallest absolute Gasteiger partial charge is 0.304 e. The van der Waals surface area contributed by atoms with Crippen molar-refractivity contribution in [2.24, 2.45) is 0 Å². The lowest BCUT2D eigenvalue weighted by molar-refractivity contribution is 0.254. The minimum Gasteiger partial charge on any atom is -0.304 e. The molecular formula is C24H20ClFN2O. The van der Waals surface area contributed by atoms with E-state index in [0.29, 0.717) is 5.92 Å². The van der Waals surface area contributed by atoms with Crippen LogP contribution in [-0.4, -0.2) is 10.6 Å². The fourth-order valence-electron chi connectivity index (χ4n) is 3.57. The standard InChI is InChI=1S/C24H20ClFN2O/c1-15(2)17-7-3-4-8-18(17)20-14-28(23-10-6-5-9-19(20)23)24(29)27-22-12-11-16(25)13-21(22)26/h3-15H,1-2H3,(H,27,29). The maximum absolute atomic E-state index is 14.1. The Labute approximate surface area is 173 Å². The van der Waals surface area contributed by atoms with Gasteiger partial charge in [-0.1, -0.05) is 67.9 Å². The maximum atomic E-state index is 14.1. The molecule has 4 aromatic rings. The summed E-state index contributed by atoms with van der Waals surface area (Å²) in [7, 11) is 0. The van der Waals surface area contributed by atoms with E-state index in [1.165, 1.54) is 22.3 Å². The van der Waals surface area contributed by atoms with Crippen molar-refractivity contribution in [3.8, 4) is 11.1 Å². The summed E-state index contributed by atoms with van der Waals surface area (Å²) in [5.74, 6) is -0.238. The number of rotatable bonds is 3. The van der Waals surface area contributed by atoms with E-state index in [0.717, 1.165) is 22.0 Å². The van der Waals surface area contributed by atoms with Gasteiger partial charge in [0.05, 0.1) is 11.2 Å². The van der Waals surface area contributed by atoms with Gasteiger partial charge in [0.15, 0.2) is 0 Å². The van der Waals surface area contributed by atoms with Crippen molar-refractivity contribution in [1.82, 2.24) is 4.57 Å². The van der Waals surface area contributed by atoms with E-state index < -0.39 is 11.8 Å². The second-order valence-corrected chi connectivity index (χ2v) is 7.66. The highest BCUT2D eigenvalue weighted by Gasteiger charge is 2.18. The van der Waals surface area contributed by atoms with Crippen LogP contribution in [0, 0.1) is 5.82 Å². The zero-order valence-corrected chi connectivity index (χ0v) is 16.9. The second kappa shape index (κ2) is 7.72. The number of hydrogen-bond donors (Lipinski definition) is 1. The third-order valence-electron chi connectivity index (χ3n) is 4.98. The number of aromatic nitrogens is 1. The van der Waals surface area contributed by atoms with Crippen molar-refractivity contribution in [3.05, 3.63) is 89.3 Å². The van der Waals surface area contributed by atoms with Crippen LogP contribution in [0.3, 0.4) is 0 Å². The first-order valence-electron chi connectivity index (χ1n) is 9.41. The summed E-state index contributed by atoms with van der Waals surface area (Å²) in [6.45, 7) is 4.29. The molecule has 0 aliphatic rings. The van der Waals surface area contributed by atoms with E-state index in [2.05, 4.69) is 31.3 Å². The van der Waals surface area contributed by atoms with E-state index in [9.17, 15) is 9.18 Å². The van der Waals surface area contributed by atoms with Crippen LogP contribution in [0.1, 0.15) is 25.3 Å². The fraction of sp³-hybridized carbons (Fsp3) is 0.125. The summed E-state index contributed by atoms with van der Waals surface area (Å²) in [6.07, 6.45) is 1.81. The highest BCUT2D eigenvalue weighted by molar-refractivity contribution is 6.30. The number of para-hydroxylation sites is 1. The first-order valence-corrected chi connectivity index (χ1v) is 9.79. The molecule has 1 heterocycles. The first-order chi connectivity index (χ1) is 14.0. The Balaban J connectivity index is 1.82. The third kappa shape index (κ3) is 3.64. The van der Waals surface area contributed by atoms with Gasteiger partial charge in [0.25, 0.3) is 0 Å². The summed E-state index contributed by atoms with van der Waals surface area (Å²) in [6, 6.07) is 19.6. The predicted octanol–water partition coefficient (Wildman–Crippen LogP) is 7.30. The van der Waals surface area contributed by atoms with Crippen LogP contribution in [0.2, 0.25) is 5.02 Å². The molecular weight excluding hydrogens is 387 g/mol. The minimum atomic E-state index is -0.576. The van der Waals surface area contributed by atoms with E-state index in [4.69, 9.17) is 11.6 Å². The van der Waals surface area contributed by atoms with E-state index in [-0.39, 0.29) is 10.7 Å². The van der Waals surface area contributed by atoms with E-state index in [1.54, 1.807) is 6.07 Å². The molecule has 1 amide bonds. The molecule has 0 fully saturated rings. The van der Waals surface area contributed by atoms with Gasteiger partial charge in [-0.05, 0) is 41.3 Å². The molecule has 3 aromatic carbocycles. The van der Waals surface area contributed by atoms with Gasteiger partial charge in [-0.3, -0.25) is 4.57 Å². The lowest BCUT2D eigenvalue weighted by atomic mass is 9.92. The summed E-state index contributed by atoms with van der Waals surface area (Å²) < 4.78 is 15.7. The van der Waals surface area contributed by atoms with Gasteiger partial charge in [-0.2, -0.15) is 0 Å². The quantitative estimate of drug-likeness (QED) is 0.380. The van der Waals surface area contributed by atoms with E-state index in [1.807, 2.05) is 42.6 Å². The lowest BCUT2D eigenvalue weighted by Crippen LogP contribution is -2.19. The fourth-order valence-corrected chi connectivity index (χ4v) is 3.73. The first kappa shape index (κ1) is 19.2. The molecule has 0 saturated heterocycles. The Morgan fingerprint density at radius 3 is 2.48 bits per heavy atom. The summed E-state index contributed by atoms with van der Waals surface area (Å²) >= 11 is 5.80. The van der Waals surface area contributed by atoms with Crippen LogP contribution in [-0.2, 0) is 0 Å². The Morgan fingerprint density at radius 2 is 1.72 bits per heavy atom. The Kier molecular flexibility index (Phi) is 5.12. The van der Waals surface area contributed by atoms with Crippen LogP contribution in [0.25, 0.3) is 22.0 Å². The topological polar surface area (TPSA) is 34.0 Å². The Morgan fingerprint density at radius 1 is 1.00 bits per heavy atom. The second-order valence-electron chi connectivity index (χ2n) is 7.23. The van der Waals surface area contributed by atoms with Crippen LogP contribution >= 0.6 is 11.6 Å². The molecule has 0 aliphatic heterocycles. The number of benzene rings is 3. The summed E-state index contributed by atoms with van der Waals surface area (Å²) in [5, 5.41) is 3.88. The zero-order valence-electron chi connectivity index (χ0n) is 16.1. The molecule has 0 atom stereocenters. The van der Waals surface area contributed by atoms with E-state index >= 15 is 0 Å². The number of carbonyl (C=O) groups excluding carboxylic acids is 1. The Hall–Kier alpha value is -3.11. The SMILES string of the molecule is CC(C)c1ccccc1-c1cn(C(=O)Nc2ccc(Cl)cc2F)c2ccccc12. The van der Waals surface area contributed by atoms with Gasteiger partial charge in [0, 0.05) is 22.2 Å². The Bertz CT molecular complexity index is 1210. The molecule has 3 nitrogen and oxygen atoms in total. The molecule has 1 N–H and O–H groups in total. The molecule has 0 saturated carbocycles. The maximum Gasteiger partial charge on any atom is 0.330 e. The molecule has 5 heteroatoms. The predicted molar refractivity (Wildman–Crippen MR) is 117 cm³/mol. The van der Waals surface area contributed by atoms with Crippen LogP contribution in [0.15, 0.2) is 72.9 Å². The summed E-state index contributed by atoms with van der Waals surface area (Å²) in [5.41, 5.74) is 4.10. The van der Waals surface area contributed by atoms with Gasteiger partial charge < -0.3 is 5.32 Å². The van der Waals surface area contributed by atoms with Crippen LogP contribution in [0.5, 0.6) is 0 Å². The molecule has 1 aromatic heterocycles. The van der Waals surface area contributed by atoms with Crippen molar-refractivity contribution in [2.45, 2.75) is 19.8 Å². The number of nitrogens with zero attached hydrogens (tertiary/aromatic N) is 1.